The van der Waals surface area contributed by atoms with Crippen LogP contribution in [0.3, 0.4) is 0 Å². The zero-order chi connectivity index (χ0) is 22.5. The first-order valence-electron chi connectivity index (χ1n) is 9.67. The first-order chi connectivity index (χ1) is 15.6. The smallest absolute Gasteiger partial charge is 0.294 e. The van der Waals surface area contributed by atoms with E-state index in [2.05, 4.69) is 26.0 Å². The number of carbonyl (C=O) groups is 1. The molecule has 0 saturated heterocycles. The molecule has 0 bridgehead atoms. The molecule has 0 fully saturated rings. The Morgan fingerprint density at radius 3 is 2.41 bits per heavy atom. The van der Waals surface area contributed by atoms with Crippen molar-refractivity contribution < 1.29 is 19.0 Å². The Morgan fingerprint density at radius 1 is 0.906 bits per heavy atom. The second-order valence-corrected chi connectivity index (χ2v) is 6.70. The van der Waals surface area contributed by atoms with E-state index in [-0.39, 0.29) is 5.71 Å². The van der Waals surface area contributed by atoms with E-state index in [0.717, 1.165) is 11.1 Å². The summed E-state index contributed by atoms with van der Waals surface area (Å²) in [5, 5.41) is 8.44. The number of aromatic nitrogens is 1. The van der Waals surface area contributed by atoms with E-state index in [1.807, 2.05) is 30.3 Å². The normalized spacial score (nSPS) is 14.0. The molecule has 9 heteroatoms. The highest BCUT2D eigenvalue weighted by Gasteiger charge is 2.27. The second kappa shape index (κ2) is 9.17. The zero-order valence-electron chi connectivity index (χ0n) is 17.7. The molecule has 2 aromatic carbocycles. The van der Waals surface area contributed by atoms with Crippen molar-refractivity contribution in [2.45, 2.75) is 0 Å². The van der Waals surface area contributed by atoms with Crippen LogP contribution >= 0.6 is 0 Å². The zero-order valence-corrected chi connectivity index (χ0v) is 17.7. The summed E-state index contributed by atoms with van der Waals surface area (Å²) in [7, 11) is 4.71. The Morgan fingerprint density at radius 2 is 1.69 bits per heavy atom. The monoisotopic (exact) mass is 431 g/mol. The van der Waals surface area contributed by atoms with Crippen molar-refractivity contribution in [2.24, 2.45) is 10.2 Å². The number of nitrogens with zero attached hydrogens (tertiary/aromatic N) is 3. The molecule has 162 valence electrons. The van der Waals surface area contributed by atoms with Crippen molar-refractivity contribution in [2.75, 3.05) is 26.8 Å². The highest BCUT2D eigenvalue weighted by molar-refractivity contribution is 6.72. The molecule has 3 aromatic rings. The largest absolute Gasteiger partial charge is 0.496 e. The molecule has 1 amide bonds. The lowest BCUT2D eigenvalue weighted by Gasteiger charge is -2.11. The van der Waals surface area contributed by atoms with Gasteiger partial charge in [0.05, 0.1) is 27.0 Å². The number of amides is 1. The SMILES string of the molecule is COc1ccc(C2=NNC(=O)/C2=N/Nc2ccc(OC)c(-c3cccnc3)c2)cc1OC. The minimum atomic E-state index is -0.414. The molecule has 0 unspecified atom stereocenters. The van der Waals surface area contributed by atoms with Crippen LogP contribution in [-0.2, 0) is 4.79 Å². The van der Waals surface area contributed by atoms with Crippen LogP contribution in [0.4, 0.5) is 5.69 Å². The second-order valence-electron chi connectivity index (χ2n) is 6.70. The van der Waals surface area contributed by atoms with Crippen LogP contribution in [0.15, 0.2) is 71.1 Å². The summed E-state index contributed by atoms with van der Waals surface area (Å²) >= 11 is 0. The van der Waals surface area contributed by atoms with Gasteiger partial charge in [-0.05, 0) is 42.5 Å². The summed E-state index contributed by atoms with van der Waals surface area (Å²) in [5.41, 5.74) is 9.01. The lowest BCUT2D eigenvalue weighted by atomic mass is 10.1. The molecule has 0 radical (unpaired) electrons. The molecule has 2 heterocycles. The number of hydrazone groups is 2. The third-order valence-corrected chi connectivity index (χ3v) is 4.83. The number of hydrogen-bond donors (Lipinski definition) is 2. The molecular formula is C23H21N5O4. The van der Waals surface area contributed by atoms with Crippen LogP contribution < -0.4 is 25.1 Å². The molecule has 32 heavy (non-hydrogen) atoms. The molecular weight excluding hydrogens is 410 g/mol. The third-order valence-electron chi connectivity index (χ3n) is 4.83. The van der Waals surface area contributed by atoms with Gasteiger partial charge >= 0.3 is 0 Å². The molecule has 0 atom stereocenters. The molecule has 1 aromatic heterocycles. The number of hydrogen-bond acceptors (Lipinski definition) is 8. The predicted molar refractivity (Wildman–Crippen MR) is 122 cm³/mol. The lowest BCUT2D eigenvalue weighted by molar-refractivity contribution is -0.114. The maximum Gasteiger partial charge on any atom is 0.294 e. The number of methoxy groups -OCH3 is 3. The van der Waals surface area contributed by atoms with Crippen LogP contribution in [0.25, 0.3) is 11.1 Å². The van der Waals surface area contributed by atoms with Gasteiger partial charge in [-0.15, -0.1) is 0 Å². The molecule has 0 spiro atoms. The van der Waals surface area contributed by atoms with Gasteiger partial charge in [0.25, 0.3) is 5.91 Å². The average Bonchev–Trinajstić information content (AvgIpc) is 3.22. The fourth-order valence-corrected chi connectivity index (χ4v) is 3.25. The van der Waals surface area contributed by atoms with Crippen molar-refractivity contribution in [3.63, 3.8) is 0 Å². The number of rotatable bonds is 7. The quantitative estimate of drug-likeness (QED) is 0.557. The first kappa shape index (κ1) is 20.9. The Bertz CT molecular complexity index is 1210. The molecule has 1 aliphatic rings. The van der Waals surface area contributed by atoms with Gasteiger partial charge in [-0.1, -0.05) is 6.07 Å². The highest BCUT2D eigenvalue weighted by atomic mass is 16.5. The van der Waals surface area contributed by atoms with Gasteiger partial charge in [0, 0.05) is 29.1 Å². The van der Waals surface area contributed by atoms with Crippen LogP contribution in [-0.4, -0.2) is 43.6 Å². The molecule has 9 nitrogen and oxygen atoms in total. The molecule has 1 aliphatic heterocycles. The molecule has 0 saturated carbocycles. The van der Waals surface area contributed by atoms with E-state index in [4.69, 9.17) is 14.2 Å². The van der Waals surface area contributed by atoms with Gasteiger partial charge in [-0.2, -0.15) is 10.2 Å². The standard InChI is InChI=1S/C23H21N5O4/c1-30-18-9-7-16(12-17(18)15-5-4-10-24-13-15)25-27-22-21(26-28-23(22)29)14-6-8-19(31-2)20(11-14)32-3/h4-13,25H,1-3H3,(H,27,28,29). The molecule has 4 rings (SSSR count). The number of anilines is 1. The van der Waals surface area contributed by atoms with Gasteiger partial charge in [-0.3, -0.25) is 15.2 Å². The van der Waals surface area contributed by atoms with Crippen molar-refractivity contribution in [3.05, 3.63) is 66.5 Å². The highest BCUT2D eigenvalue weighted by Crippen LogP contribution is 2.32. The summed E-state index contributed by atoms with van der Waals surface area (Å²) in [5.74, 6) is 1.38. The minimum Gasteiger partial charge on any atom is -0.496 e. The van der Waals surface area contributed by atoms with Crippen LogP contribution in [0.2, 0.25) is 0 Å². The van der Waals surface area contributed by atoms with Gasteiger partial charge in [-0.25, -0.2) is 5.43 Å². The van der Waals surface area contributed by atoms with E-state index in [1.165, 1.54) is 0 Å². The van der Waals surface area contributed by atoms with Gasteiger partial charge in [0.2, 0.25) is 0 Å². The summed E-state index contributed by atoms with van der Waals surface area (Å²) in [6.45, 7) is 0. The Hall–Kier alpha value is -4.40. The predicted octanol–water partition coefficient (Wildman–Crippen LogP) is 3.08. The number of nitrogens with one attached hydrogen (secondary N) is 2. The number of benzene rings is 2. The summed E-state index contributed by atoms with van der Waals surface area (Å²) in [6, 6.07) is 14.6. The van der Waals surface area contributed by atoms with E-state index in [0.29, 0.717) is 34.2 Å². The summed E-state index contributed by atoms with van der Waals surface area (Å²) in [4.78, 5) is 16.5. The van der Waals surface area contributed by atoms with Crippen LogP contribution in [0.1, 0.15) is 5.56 Å². The third kappa shape index (κ3) is 4.08. The maximum atomic E-state index is 12.4. The van der Waals surface area contributed by atoms with Crippen LogP contribution in [0.5, 0.6) is 17.2 Å². The van der Waals surface area contributed by atoms with E-state index >= 15 is 0 Å². The fraction of sp³-hybridized carbons (Fsp3) is 0.130. The number of carbonyl (C=O) groups excluding carboxylic acids is 1. The van der Waals surface area contributed by atoms with Crippen molar-refractivity contribution in [1.29, 1.82) is 0 Å². The Labute approximate surface area is 184 Å². The lowest BCUT2D eigenvalue weighted by Crippen LogP contribution is -2.25. The van der Waals surface area contributed by atoms with Gasteiger partial charge in [0.15, 0.2) is 17.2 Å². The Kier molecular flexibility index (Phi) is 5.98. The summed E-state index contributed by atoms with van der Waals surface area (Å²) < 4.78 is 16.1. The molecule has 0 aliphatic carbocycles. The van der Waals surface area contributed by atoms with E-state index in [1.54, 1.807) is 51.9 Å². The summed E-state index contributed by atoms with van der Waals surface area (Å²) in [6.07, 6.45) is 3.46. The van der Waals surface area contributed by atoms with E-state index < -0.39 is 5.91 Å². The van der Waals surface area contributed by atoms with E-state index in [9.17, 15) is 4.79 Å². The van der Waals surface area contributed by atoms with Gasteiger partial charge in [0.1, 0.15) is 11.5 Å². The van der Waals surface area contributed by atoms with Gasteiger partial charge < -0.3 is 14.2 Å². The van der Waals surface area contributed by atoms with Crippen molar-refractivity contribution >= 4 is 23.0 Å². The number of ether oxygens (including phenoxy) is 3. The van der Waals surface area contributed by atoms with Crippen molar-refractivity contribution in [3.8, 4) is 28.4 Å². The first-order valence-corrected chi connectivity index (χ1v) is 9.67. The van der Waals surface area contributed by atoms with Crippen molar-refractivity contribution in [1.82, 2.24) is 10.4 Å². The fourth-order valence-electron chi connectivity index (χ4n) is 3.25. The molecule has 2 N–H and O–H groups in total. The number of pyridine rings is 1. The Balaban J connectivity index is 1.64. The average molecular weight is 431 g/mol. The van der Waals surface area contributed by atoms with Crippen LogP contribution in [0, 0.1) is 0 Å². The topological polar surface area (TPSA) is 106 Å². The minimum absolute atomic E-state index is 0.149. The maximum absolute atomic E-state index is 12.4.